The molecule has 66 valence electrons. The molecule has 0 bridgehead atoms. The van der Waals surface area contributed by atoms with Crippen LogP contribution >= 0.6 is 0 Å². The highest BCUT2D eigenvalue weighted by Crippen LogP contribution is 2.34. The second-order valence-electron chi connectivity index (χ2n) is 4.13. The molecule has 0 heterocycles. The number of hydrogen-bond acceptors (Lipinski definition) is 0. The Bertz CT molecular complexity index is 255. The molecule has 0 amide bonds. The van der Waals surface area contributed by atoms with Crippen molar-refractivity contribution in [3.05, 3.63) is 35.9 Å². The molecule has 1 aliphatic rings. The van der Waals surface area contributed by atoms with Crippen LogP contribution in [0.1, 0.15) is 24.8 Å². The van der Waals surface area contributed by atoms with Crippen molar-refractivity contribution in [1.82, 2.24) is 0 Å². The normalized spacial score (nSPS) is 27.7. The first-order chi connectivity index (χ1) is 6.34. The smallest absolute Gasteiger partial charge is 0.0699 e. The maximum Gasteiger partial charge on any atom is 0.0699 e. The quantitative estimate of drug-likeness (QED) is 0.598. The summed E-state index contributed by atoms with van der Waals surface area (Å²) in [5, 5.41) is 0. The van der Waals surface area contributed by atoms with Gasteiger partial charge in [0.15, 0.2) is 0 Å². The lowest BCUT2D eigenvalue weighted by Gasteiger charge is -2.08. The molecule has 1 aliphatic carbocycles. The molecule has 1 aromatic rings. The van der Waals surface area contributed by atoms with Crippen molar-refractivity contribution in [2.24, 2.45) is 5.92 Å². The minimum absolute atomic E-state index is 0.466. The number of benzene rings is 1. The van der Waals surface area contributed by atoms with Crippen LogP contribution in [0.2, 0.25) is 5.82 Å². The van der Waals surface area contributed by atoms with Crippen LogP contribution in [0.3, 0.4) is 0 Å². The van der Waals surface area contributed by atoms with Crippen molar-refractivity contribution in [3.63, 3.8) is 0 Å². The van der Waals surface area contributed by atoms with Gasteiger partial charge in [-0.3, -0.25) is 0 Å². The van der Waals surface area contributed by atoms with Gasteiger partial charge in [-0.2, -0.15) is 0 Å². The van der Waals surface area contributed by atoms with E-state index in [1.54, 1.807) is 0 Å². The zero-order valence-corrected chi connectivity index (χ0v) is 7.95. The third kappa shape index (κ3) is 2.36. The fourth-order valence-electron chi connectivity index (χ4n) is 2.25. The largest absolute Gasteiger partial charge is 0.0771 e. The summed E-state index contributed by atoms with van der Waals surface area (Å²) in [7, 11) is 5.88. The van der Waals surface area contributed by atoms with Crippen molar-refractivity contribution < 1.29 is 0 Å². The summed E-state index contributed by atoms with van der Waals surface area (Å²) in [6.07, 6.45) is 4.97. The molecule has 1 aromatic carbocycles. The molecule has 13 heavy (non-hydrogen) atoms. The first-order valence-electron chi connectivity index (χ1n) is 5.14. The second-order valence-corrected chi connectivity index (χ2v) is 4.13. The van der Waals surface area contributed by atoms with E-state index < -0.39 is 0 Å². The molecule has 1 saturated carbocycles. The zero-order valence-electron chi connectivity index (χ0n) is 7.95. The summed E-state index contributed by atoms with van der Waals surface area (Å²) in [6, 6.07) is 10.7. The maximum absolute atomic E-state index is 5.88. The molecular formula is C12H15B. The van der Waals surface area contributed by atoms with E-state index >= 15 is 0 Å². The summed E-state index contributed by atoms with van der Waals surface area (Å²) in [5.41, 5.74) is 1.46. The lowest BCUT2D eigenvalue weighted by atomic mass is 9.85. The van der Waals surface area contributed by atoms with Gasteiger partial charge in [-0.05, 0) is 17.9 Å². The first kappa shape index (κ1) is 8.86. The Balaban J connectivity index is 1.92. The monoisotopic (exact) mass is 170 g/mol. The molecule has 0 unspecified atom stereocenters. The Morgan fingerprint density at radius 1 is 1.15 bits per heavy atom. The van der Waals surface area contributed by atoms with E-state index in [1.165, 1.54) is 31.2 Å². The molecule has 0 spiro atoms. The highest BCUT2D eigenvalue weighted by Gasteiger charge is 2.20. The summed E-state index contributed by atoms with van der Waals surface area (Å²) in [5.74, 6) is 1.30. The first-order valence-corrected chi connectivity index (χ1v) is 5.14. The van der Waals surface area contributed by atoms with Crippen molar-refractivity contribution >= 4 is 7.85 Å². The van der Waals surface area contributed by atoms with Crippen LogP contribution in [-0.2, 0) is 6.42 Å². The molecular weight excluding hydrogens is 155 g/mol. The predicted molar refractivity (Wildman–Crippen MR) is 57.0 cm³/mol. The van der Waals surface area contributed by atoms with Gasteiger partial charge in [-0.1, -0.05) is 55.4 Å². The van der Waals surface area contributed by atoms with Gasteiger partial charge in [0, 0.05) is 0 Å². The van der Waals surface area contributed by atoms with Crippen LogP contribution in [0.25, 0.3) is 0 Å². The predicted octanol–water partition coefficient (Wildman–Crippen LogP) is 2.99. The summed E-state index contributed by atoms with van der Waals surface area (Å²) in [6.45, 7) is 0. The van der Waals surface area contributed by atoms with Gasteiger partial charge < -0.3 is 0 Å². The Hall–Kier alpha value is -0.715. The molecule has 2 rings (SSSR count). The van der Waals surface area contributed by atoms with Gasteiger partial charge in [0.1, 0.15) is 0 Å². The van der Waals surface area contributed by atoms with Gasteiger partial charge in [0.05, 0.1) is 7.85 Å². The zero-order chi connectivity index (χ0) is 9.10. The van der Waals surface area contributed by atoms with Gasteiger partial charge in [0.2, 0.25) is 0 Å². The fraction of sp³-hybridized carbons (Fsp3) is 0.500. The third-order valence-electron chi connectivity index (χ3n) is 2.95. The molecule has 0 aliphatic heterocycles. The van der Waals surface area contributed by atoms with E-state index in [2.05, 4.69) is 30.3 Å². The van der Waals surface area contributed by atoms with Crippen LogP contribution in [0, 0.1) is 5.92 Å². The summed E-state index contributed by atoms with van der Waals surface area (Å²) >= 11 is 0. The lowest BCUT2D eigenvalue weighted by molar-refractivity contribution is 0.546. The molecule has 1 fully saturated rings. The van der Waals surface area contributed by atoms with Crippen LogP contribution in [-0.4, -0.2) is 7.85 Å². The molecule has 1 heteroatoms. The highest BCUT2D eigenvalue weighted by molar-refractivity contribution is 6.11. The van der Waals surface area contributed by atoms with Gasteiger partial charge >= 0.3 is 0 Å². The topological polar surface area (TPSA) is 0 Å². The van der Waals surface area contributed by atoms with E-state index in [0.717, 1.165) is 5.92 Å². The summed E-state index contributed by atoms with van der Waals surface area (Å²) in [4.78, 5) is 0. The maximum atomic E-state index is 5.88. The van der Waals surface area contributed by atoms with Crippen molar-refractivity contribution in [1.29, 1.82) is 0 Å². The number of hydrogen-bond donors (Lipinski definition) is 0. The van der Waals surface area contributed by atoms with E-state index in [1.807, 2.05) is 0 Å². The highest BCUT2D eigenvalue weighted by atomic mass is 14.2. The molecule has 2 atom stereocenters. The molecule has 2 radical (unpaired) electrons. The Morgan fingerprint density at radius 3 is 2.54 bits per heavy atom. The van der Waals surface area contributed by atoms with Crippen molar-refractivity contribution in [2.75, 3.05) is 0 Å². The van der Waals surface area contributed by atoms with E-state index in [0.29, 0.717) is 5.82 Å². The van der Waals surface area contributed by atoms with Gasteiger partial charge in [0.25, 0.3) is 0 Å². The van der Waals surface area contributed by atoms with Crippen molar-refractivity contribution in [3.8, 4) is 0 Å². The van der Waals surface area contributed by atoms with Crippen LogP contribution < -0.4 is 0 Å². The average Bonchev–Trinajstić information content (AvgIpc) is 2.53. The molecule has 0 N–H and O–H groups in total. The van der Waals surface area contributed by atoms with Crippen LogP contribution in [0.15, 0.2) is 30.3 Å². The SMILES string of the molecule is [B][C@H]1CC[C@H](Cc2ccccc2)C1. The minimum Gasteiger partial charge on any atom is -0.0771 e. The molecule has 0 nitrogen and oxygen atoms in total. The van der Waals surface area contributed by atoms with E-state index in [-0.39, 0.29) is 0 Å². The van der Waals surface area contributed by atoms with Gasteiger partial charge in [-0.15, -0.1) is 0 Å². The second kappa shape index (κ2) is 4.00. The Kier molecular flexibility index (Phi) is 2.72. The minimum atomic E-state index is 0.466. The van der Waals surface area contributed by atoms with E-state index in [4.69, 9.17) is 7.85 Å². The molecule has 0 aromatic heterocycles. The average molecular weight is 170 g/mol. The van der Waals surface area contributed by atoms with E-state index in [9.17, 15) is 0 Å². The third-order valence-corrected chi connectivity index (χ3v) is 2.95. The fourth-order valence-corrected chi connectivity index (χ4v) is 2.25. The number of rotatable bonds is 2. The lowest BCUT2D eigenvalue weighted by Crippen LogP contribution is -1.98. The van der Waals surface area contributed by atoms with Crippen LogP contribution in [0.4, 0.5) is 0 Å². The van der Waals surface area contributed by atoms with Gasteiger partial charge in [-0.25, -0.2) is 0 Å². The standard InChI is InChI=1S/C12H15B/c13-12-7-6-11(9-12)8-10-4-2-1-3-5-10/h1-5,11-12H,6-9H2/t11-,12+/m1/s1. The summed E-state index contributed by atoms with van der Waals surface area (Å²) < 4.78 is 0. The Labute approximate surface area is 81.8 Å². The van der Waals surface area contributed by atoms with Crippen LogP contribution in [0.5, 0.6) is 0 Å². The van der Waals surface area contributed by atoms with Crippen molar-refractivity contribution in [2.45, 2.75) is 31.5 Å². The Morgan fingerprint density at radius 2 is 1.92 bits per heavy atom. The molecule has 0 saturated heterocycles.